The third-order valence-electron chi connectivity index (χ3n) is 4.01. The van der Waals surface area contributed by atoms with Crippen molar-refractivity contribution in [2.24, 2.45) is 10.2 Å². The van der Waals surface area contributed by atoms with Gasteiger partial charge in [0.1, 0.15) is 6.10 Å². The summed E-state index contributed by atoms with van der Waals surface area (Å²) in [6.07, 6.45) is 1.38. The SMILES string of the molecule is COC(c1cc(C)no1)c1ccccc1/C=N/N=C(\C)c1ccccc1. The average Bonchev–Trinajstić information content (AvgIpc) is 3.10. The predicted octanol–water partition coefficient (Wildman–Crippen LogP) is 4.56. The first kappa shape index (κ1) is 17.8. The van der Waals surface area contributed by atoms with Crippen molar-refractivity contribution in [2.75, 3.05) is 7.11 Å². The molecule has 0 aliphatic carbocycles. The molecule has 0 fully saturated rings. The van der Waals surface area contributed by atoms with E-state index in [0.29, 0.717) is 5.76 Å². The Labute approximate surface area is 153 Å². The van der Waals surface area contributed by atoms with Crippen LogP contribution in [0.25, 0.3) is 0 Å². The molecule has 0 radical (unpaired) electrons. The van der Waals surface area contributed by atoms with E-state index < -0.39 is 0 Å². The molecule has 26 heavy (non-hydrogen) atoms. The summed E-state index contributed by atoms with van der Waals surface area (Å²) >= 11 is 0. The molecule has 5 nitrogen and oxygen atoms in total. The summed E-state index contributed by atoms with van der Waals surface area (Å²) in [6.45, 7) is 3.82. The van der Waals surface area contributed by atoms with Crippen LogP contribution >= 0.6 is 0 Å². The second kappa shape index (κ2) is 8.36. The highest BCUT2D eigenvalue weighted by molar-refractivity contribution is 5.98. The predicted molar refractivity (Wildman–Crippen MR) is 103 cm³/mol. The summed E-state index contributed by atoms with van der Waals surface area (Å²) < 4.78 is 11.0. The Balaban J connectivity index is 1.87. The maximum absolute atomic E-state index is 5.64. The molecular weight excluding hydrogens is 326 g/mol. The molecule has 0 N–H and O–H groups in total. The molecule has 3 rings (SSSR count). The van der Waals surface area contributed by atoms with Gasteiger partial charge in [-0.3, -0.25) is 0 Å². The van der Waals surface area contributed by atoms with Gasteiger partial charge in [0.2, 0.25) is 0 Å². The Bertz CT molecular complexity index is 914. The van der Waals surface area contributed by atoms with Crippen LogP contribution in [0.15, 0.2) is 75.4 Å². The number of rotatable bonds is 6. The molecule has 3 aromatic rings. The van der Waals surface area contributed by atoms with Crippen LogP contribution in [-0.2, 0) is 4.74 Å². The summed E-state index contributed by atoms with van der Waals surface area (Å²) in [4.78, 5) is 0. The van der Waals surface area contributed by atoms with E-state index in [0.717, 1.165) is 28.1 Å². The maximum Gasteiger partial charge on any atom is 0.170 e. The van der Waals surface area contributed by atoms with E-state index in [4.69, 9.17) is 9.26 Å². The van der Waals surface area contributed by atoms with Gasteiger partial charge in [-0.25, -0.2) is 0 Å². The fourth-order valence-corrected chi connectivity index (χ4v) is 2.69. The van der Waals surface area contributed by atoms with E-state index in [2.05, 4.69) is 15.4 Å². The number of ether oxygens (including phenoxy) is 1. The molecule has 0 aliphatic heterocycles. The van der Waals surface area contributed by atoms with E-state index in [1.54, 1.807) is 13.3 Å². The van der Waals surface area contributed by atoms with E-state index in [1.807, 2.05) is 74.5 Å². The van der Waals surface area contributed by atoms with Crippen molar-refractivity contribution in [3.05, 3.63) is 88.8 Å². The van der Waals surface area contributed by atoms with Gasteiger partial charge in [0.25, 0.3) is 0 Å². The first-order valence-corrected chi connectivity index (χ1v) is 8.37. The highest BCUT2D eigenvalue weighted by atomic mass is 16.5. The van der Waals surface area contributed by atoms with Crippen LogP contribution in [0.4, 0.5) is 0 Å². The van der Waals surface area contributed by atoms with Gasteiger partial charge >= 0.3 is 0 Å². The zero-order chi connectivity index (χ0) is 18.4. The molecule has 1 aromatic heterocycles. The van der Waals surface area contributed by atoms with Crippen LogP contribution in [0, 0.1) is 6.92 Å². The number of aryl methyl sites for hydroxylation is 1. The van der Waals surface area contributed by atoms with Crippen molar-refractivity contribution >= 4 is 11.9 Å². The van der Waals surface area contributed by atoms with Gasteiger partial charge in [0, 0.05) is 18.7 Å². The molecular formula is C21H21N3O2. The van der Waals surface area contributed by atoms with Crippen molar-refractivity contribution in [3.8, 4) is 0 Å². The van der Waals surface area contributed by atoms with Crippen molar-refractivity contribution in [1.29, 1.82) is 0 Å². The highest BCUT2D eigenvalue weighted by Gasteiger charge is 2.20. The first-order valence-electron chi connectivity index (χ1n) is 8.37. The second-order valence-corrected chi connectivity index (χ2v) is 5.91. The van der Waals surface area contributed by atoms with Crippen LogP contribution in [0.3, 0.4) is 0 Å². The van der Waals surface area contributed by atoms with Gasteiger partial charge in [-0.15, -0.1) is 0 Å². The molecule has 1 unspecified atom stereocenters. The number of aromatic nitrogens is 1. The summed E-state index contributed by atoms with van der Waals surface area (Å²) in [5.74, 6) is 0.662. The molecule has 132 valence electrons. The Hall–Kier alpha value is -3.05. The van der Waals surface area contributed by atoms with Gasteiger partial charge in [0.15, 0.2) is 5.76 Å². The van der Waals surface area contributed by atoms with Gasteiger partial charge in [0.05, 0.1) is 17.6 Å². The number of methoxy groups -OCH3 is 1. The lowest BCUT2D eigenvalue weighted by Gasteiger charge is -2.14. The van der Waals surface area contributed by atoms with Gasteiger partial charge in [-0.2, -0.15) is 10.2 Å². The van der Waals surface area contributed by atoms with Crippen LogP contribution < -0.4 is 0 Å². The summed E-state index contributed by atoms with van der Waals surface area (Å²) in [5.41, 5.74) is 4.58. The lowest BCUT2D eigenvalue weighted by molar-refractivity contribution is 0.109. The molecule has 0 saturated heterocycles. The molecule has 0 saturated carbocycles. The van der Waals surface area contributed by atoms with Crippen LogP contribution in [0.2, 0.25) is 0 Å². The van der Waals surface area contributed by atoms with E-state index in [1.165, 1.54) is 0 Å². The monoisotopic (exact) mass is 347 g/mol. The zero-order valence-electron chi connectivity index (χ0n) is 15.1. The number of hydrogen-bond donors (Lipinski definition) is 0. The van der Waals surface area contributed by atoms with E-state index >= 15 is 0 Å². The molecule has 2 aromatic carbocycles. The summed E-state index contributed by atoms with van der Waals surface area (Å²) in [6, 6.07) is 19.7. The first-order chi connectivity index (χ1) is 12.7. The Morgan fingerprint density at radius 1 is 1.12 bits per heavy atom. The van der Waals surface area contributed by atoms with Gasteiger partial charge < -0.3 is 9.26 Å². The smallest absolute Gasteiger partial charge is 0.170 e. The zero-order valence-corrected chi connectivity index (χ0v) is 15.1. The van der Waals surface area contributed by atoms with Gasteiger partial charge in [-0.1, -0.05) is 59.8 Å². The largest absolute Gasteiger partial charge is 0.369 e. The standard InChI is InChI=1S/C21H21N3O2/c1-15-13-20(26-24-15)21(25-3)19-12-8-7-11-18(19)14-22-23-16(2)17-9-5-4-6-10-17/h4-14,21H,1-3H3/b22-14+,23-16+. The van der Waals surface area contributed by atoms with Crippen molar-refractivity contribution in [3.63, 3.8) is 0 Å². The van der Waals surface area contributed by atoms with Crippen molar-refractivity contribution in [2.45, 2.75) is 20.0 Å². The average molecular weight is 347 g/mol. The second-order valence-electron chi connectivity index (χ2n) is 5.91. The number of nitrogens with zero attached hydrogens (tertiary/aromatic N) is 3. The summed E-state index contributed by atoms with van der Waals surface area (Å²) in [5, 5.41) is 12.5. The minimum atomic E-state index is -0.349. The third kappa shape index (κ3) is 4.13. The molecule has 0 bridgehead atoms. The fraction of sp³-hybridized carbons (Fsp3) is 0.190. The molecule has 0 aliphatic rings. The normalized spacial score (nSPS) is 13.3. The minimum Gasteiger partial charge on any atom is -0.369 e. The van der Waals surface area contributed by atoms with Crippen LogP contribution in [0.5, 0.6) is 0 Å². The van der Waals surface area contributed by atoms with Crippen LogP contribution in [0.1, 0.15) is 41.2 Å². The quantitative estimate of drug-likeness (QED) is 0.485. The van der Waals surface area contributed by atoms with Crippen LogP contribution in [-0.4, -0.2) is 24.2 Å². The summed E-state index contributed by atoms with van der Waals surface area (Å²) in [7, 11) is 1.65. The Morgan fingerprint density at radius 3 is 2.54 bits per heavy atom. The Morgan fingerprint density at radius 2 is 1.85 bits per heavy atom. The van der Waals surface area contributed by atoms with Crippen molar-refractivity contribution in [1.82, 2.24) is 5.16 Å². The molecule has 0 spiro atoms. The molecule has 5 heteroatoms. The molecule has 0 amide bonds. The number of benzene rings is 2. The van der Waals surface area contributed by atoms with Gasteiger partial charge in [-0.05, 0) is 25.0 Å². The van der Waals surface area contributed by atoms with E-state index in [9.17, 15) is 0 Å². The Kier molecular flexibility index (Phi) is 5.71. The molecule has 1 atom stereocenters. The third-order valence-corrected chi connectivity index (χ3v) is 4.01. The lowest BCUT2D eigenvalue weighted by Crippen LogP contribution is -2.06. The minimum absolute atomic E-state index is 0.349. The maximum atomic E-state index is 5.64. The van der Waals surface area contributed by atoms with E-state index in [-0.39, 0.29) is 6.10 Å². The number of hydrogen-bond acceptors (Lipinski definition) is 5. The fourth-order valence-electron chi connectivity index (χ4n) is 2.69. The molecule has 1 heterocycles. The topological polar surface area (TPSA) is 60.0 Å². The van der Waals surface area contributed by atoms with Crippen molar-refractivity contribution < 1.29 is 9.26 Å². The highest BCUT2D eigenvalue weighted by Crippen LogP contribution is 2.28. The lowest BCUT2D eigenvalue weighted by atomic mass is 10.0.